The third-order valence-electron chi connectivity index (χ3n) is 8.40. The van der Waals surface area contributed by atoms with Crippen LogP contribution in [0.25, 0.3) is 11.0 Å². The minimum atomic E-state index is -3.10. The molecule has 0 spiro atoms. The predicted molar refractivity (Wildman–Crippen MR) is 159 cm³/mol. The van der Waals surface area contributed by atoms with Crippen LogP contribution in [-0.4, -0.2) is 58.9 Å². The van der Waals surface area contributed by atoms with Gasteiger partial charge in [-0.1, -0.05) is 19.6 Å². The van der Waals surface area contributed by atoms with Gasteiger partial charge in [0.15, 0.2) is 17.3 Å². The van der Waals surface area contributed by atoms with E-state index in [2.05, 4.69) is 29.7 Å². The zero-order valence-electron chi connectivity index (χ0n) is 25.1. The fraction of sp³-hybridized carbons (Fsp3) is 0.433. The van der Waals surface area contributed by atoms with Gasteiger partial charge < -0.3 is 14.2 Å². The van der Waals surface area contributed by atoms with Gasteiger partial charge in [-0.25, -0.2) is 26.9 Å². The molecule has 14 heteroatoms. The number of rotatable bonds is 8. The summed E-state index contributed by atoms with van der Waals surface area (Å²) in [5.74, 6) is -7.88. The molecule has 1 atom stereocenters. The van der Waals surface area contributed by atoms with Gasteiger partial charge in [-0.2, -0.15) is 5.10 Å². The molecule has 234 valence electrons. The molecule has 0 aliphatic carbocycles. The first-order valence-electron chi connectivity index (χ1n) is 14.4. The van der Waals surface area contributed by atoms with E-state index in [1.54, 1.807) is 38.5 Å². The Kier molecular flexibility index (Phi) is 7.35. The van der Waals surface area contributed by atoms with Gasteiger partial charge in [0, 0.05) is 57.7 Å². The number of carbonyl (C=O) groups excluding carboxylic acids is 1. The second-order valence-electron chi connectivity index (χ2n) is 12.7. The fourth-order valence-electron chi connectivity index (χ4n) is 5.88. The number of hydrogen-bond donors (Lipinski definition) is 0. The van der Waals surface area contributed by atoms with Crippen molar-refractivity contribution >= 4 is 36.4 Å². The molecule has 44 heavy (non-hydrogen) atoms. The van der Waals surface area contributed by atoms with Crippen LogP contribution in [0.4, 0.5) is 33.3 Å². The van der Waals surface area contributed by atoms with Crippen molar-refractivity contribution in [2.45, 2.75) is 57.7 Å². The summed E-state index contributed by atoms with van der Waals surface area (Å²) in [5.41, 5.74) is 0.912. The van der Waals surface area contributed by atoms with Crippen molar-refractivity contribution in [1.82, 2.24) is 19.3 Å². The van der Waals surface area contributed by atoms with E-state index >= 15 is 13.2 Å². The lowest BCUT2D eigenvalue weighted by Crippen LogP contribution is -2.32. The first-order chi connectivity index (χ1) is 20.7. The van der Waals surface area contributed by atoms with E-state index in [9.17, 15) is 13.6 Å². The third kappa shape index (κ3) is 5.17. The number of halogens is 5. The SMILES string of the molecule is Cc1c2c(nn1C)C(=O)N(c1ccc3c(c1)ncn3COCC[Si](C)(C)C)C2c1c(F)cc(N2CCC(F)(F)C2)c(F)c1F. The Morgan fingerprint density at radius 1 is 1.09 bits per heavy atom. The normalized spacial score (nSPS) is 18.2. The van der Waals surface area contributed by atoms with Gasteiger partial charge in [0.2, 0.25) is 0 Å². The first-order valence-corrected chi connectivity index (χ1v) is 18.1. The smallest absolute Gasteiger partial charge is 0.280 e. The third-order valence-corrected chi connectivity index (χ3v) is 10.1. The van der Waals surface area contributed by atoms with Gasteiger partial charge in [0.25, 0.3) is 11.8 Å². The molecule has 2 aromatic heterocycles. The van der Waals surface area contributed by atoms with Crippen LogP contribution < -0.4 is 9.80 Å². The van der Waals surface area contributed by atoms with Gasteiger partial charge in [0.05, 0.1) is 41.2 Å². The van der Waals surface area contributed by atoms with Crippen LogP contribution in [0, 0.1) is 24.4 Å². The molecule has 2 aliphatic rings. The number of imidazole rings is 1. The lowest BCUT2D eigenvalue weighted by Gasteiger charge is -2.28. The Balaban J connectivity index is 1.39. The number of anilines is 2. The summed E-state index contributed by atoms with van der Waals surface area (Å²) < 4.78 is 84.2. The largest absolute Gasteiger partial charge is 0.363 e. The van der Waals surface area contributed by atoms with Crippen molar-refractivity contribution in [3.8, 4) is 0 Å². The highest BCUT2D eigenvalue weighted by Crippen LogP contribution is 2.46. The van der Waals surface area contributed by atoms with Gasteiger partial charge in [-0.3, -0.25) is 14.4 Å². The van der Waals surface area contributed by atoms with Crippen LogP contribution >= 0.6 is 0 Å². The molecule has 2 aromatic carbocycles. The summed E-state index contributed by atoms with van der Waals surface area (Å²) in [4.78, 5) is 20.3. The molecule has 0 radical (unpaired) electrons. The molecule has 0 N–H and O–H groups in total. The van der Waals surface area contributed by atoms with E-state index in [0.717, 1.165) is 22.5 Å². The molecular formula is C30H33F5N6O2Si. The Morgan fingerprint density at radius 3 is 2.52 bits per heavy atom. The molecule has 4 heterocycles. The molecule has 6 rings (SSSR count). The van der Waals surface area contributed by atoms with Crippen molar-refractivity contribution < 1.29 is 31.5 Å². The number of hydrogen-bond acceptors (Lipinski definition) is 5. The Morgan fingerprint density at radius 2 is 1.84 bits per heavy atom. The summed E-state index contributed by atoms with van der Waals surface area (Å²) in [6.45, 7) is 8.25. The van der Waals surface area contributed by atoms with E-state index in [0.29, 0.717) is 17.8 Å². The summed E-state index contributed by atoms with van der Waals surface area (Å²) in [6, 6.07) is 5.31. The van der Waals surface area contributed by atoms with Crippen molar-refractivity contribution in [3.05, 3.63) is 70.6 Å². The van der Waals surface area contributed by atoms with Gasteiger partial charge in [-0.15, -0.1) is 0 Å². The average molecular weight is 633 g/mol. The summed E-state index contributed by atoms with van der Waals surface area (Å²) in [7, 11) is 0.337. The van der Waals surface area contributed by atoms with Crippen LogP contribution in [0.15, 0.2) is 30.6 Å². The average Bonchev–Trinajstić information content (AvgIpc) is 3.67. The standard InChI is InChI=1S/C30H33F5N6O2Si/c1-17-23-27(37-38(17)2)29(42)41(18-6-7-21-20(12-18)36-15-40(21)16-43-10-11-44(3,4)5)28(23)24-19(31)13-22(25(32)26(24)33)39-9-8-30(34,35)14-39/h6-7,12-13,15,28H,8-11,14,16H2,1-5H3. The molecule has 0 bridgehead atoms. The molecule has 8 nitrogen and oxygen atoms in total. The number of alkyl halides is 2. The van der Waals surface area contributed by atoms with Crippen molar-refractivity contribution in [2.24, 2.45) is 7.05 Å². The second kappa shape index (κ2) is 10.7. The maximum atomic E-state index is 15.9. The Hall–Kier alpha value is -3.78. The monoisotopic (exact) mass is 632 g/mol. The van der Waals surface area contributed by atoms with Crippen LogP contribution in [0.3, 0.4) is 0 Å². The van der Waals surface area contributed by atoms with E-state index in [1.165, 1.54) is 9.58 Å². The van der Waals surface area contributed by atoms with Crippen molar-refractivity contribution in [2.75, 3.05) is 29.5 Å². The number of benzene rings is 2. The van der Waals surface area contributed by atoms with Crippen molar-refractivity contribution in [3.63, 3.8) is 0 Å². The minimum absolute atomic E-state index is 0.0149. The zero-order valence-corrected chi connectivity index (χ0v) is 26.1. The molecule has 1 amide bonds. The Labute approximate surface area is 252 Å². The molecule has 2 aliphatic heterocycles. The lowest BCUT2D eigenvalue weighted by molar-refractivity contribution is 0.0256. The quantitative estimate of drug-likeness (QED) is 0.0974. The molecule has 0 saturated carbocycles. The minimum Gasteiger partial charge on any atom is -0.363 e. The van der Waals surface area contributed by atoms with E-state index in [-0.39, 0.29) is 30.2 Å². The van der Waals surface area contributed by atoms with Gasteiger partial charge >= 0.3 is 0 Å². The highest BCUT2D eigenvalue weighted by atomic mass is 28.3. The molecule has 4 aromatic rings. The number of fused-ring (bicyclic) bond motifs is 2. The lowest BCUT2D eigenvalue weighted by atomic mass is 9.96. The maximum absolute atomic E-state index is 15.9. The molecule has 1 saturated heterocycles. The van der Waals surface area contributed by atoms with Crippen LogP contribution in [0.2, 0.25) is 25.7 Å². The maximum Gasteiger partial charge on any atom is 0.280 e. The van der Waals surface area contributed by atoms with Crippen LogP contribution in [0.5, 0.6) is 0 Å². The fourth-order valence-corrected chi connectivity index (χ4v) is 6.63. The molecule has 1 unspecified atom stereocenters. The number of ether oxygens (including phenoxy) is 1. The Bertz CT molecular complexity index is 1780. The van der Waals surface area contributed by atoms with Crippen molar-refractivity contribution in [1.29, 1.82) is 0 Å². The number of aryl methyl sites for hydroxylation is 1. The van der Waals surface area contributed by atoms with Crippen LogP contribution in [-0.2, 0) is 18.5 Å². The van der Waals surface area contributed by atoms with E-state index < -0.39 is 67.6 Å². The van der Waals surface area contributed by atoms with Crippen LogP contribution in [0.1, 0.15) is 39.8 Å². The summed E-state index contributed by atoms with van der Waals surface area (Å²) >= 11 is 0. The number of amides is 1. The highest BCUT2D eigenvalue weighted by molar-refractivity contribution is 6.76. The van der Waals surface area contributed by atoms with Gasteiger partial charge in [0.1, 0.15) is 12.5 Å². The summed E-state index contributed by atoms with van der Waals surface area (Å²) in [5, 5.41) is 4.29. The van der Waals surface area contributed by atoms with E-state index in [1.807, 2.05) is 4.57 Å². The zero-order chi connectivity index (χ0) is 31.7. The molecular weight excluding hydrogens is 599 g/mol. The first kappa shape index (κ1) is 30.3. The number of carbonyl (C=O) groups is 1. The number of nitrogens with zero attached hydrogens (tertiary/aromatic N) is 6. The van der Waals surface area contributed by atoms with Gasteiger partial charge in [-0.05, 0) is 31.2 Å². The highest BCUT2D eigenvalue weighted by Gasteiger charge is 2.47. The number of aromatic nitrogens is 4. The molecule has 1 fully saturated rings. The predicted octanol–water partition coefficient (Wildman–Crippen LogP) is 6.40. The summed E-state index contributed by atoms with van der Waals surface area (Å²) in [6.07, 6.45) is 1.06. The topological polar surface area (TPSA) is 68.4 Å². The van der Waals surface area contributed by atoms with E-state index in [4.69, 9.17) is 4.74 Å². The second-order valence-corrected chi connectivity index (χ2v) is 18.4.